The lowest BCUT2D eigenvalue weighted by Crippen LogP contribution is -2.45. The molecule has 0 unspecified atom stereocenters. The van der Waals surface area contributed by atoms with E-state index in [0.717, 1.165) is 11.1 Å². The Morgan fingerprint density at radius 3 is 1.53 bits per heavy atom. The Morgan fingerprint density at radius 1 is 0.656 bits per heavy atom. The van der Waals surface area contributed by atoms with Crippen LogP contribution in [0.25, 0.3) is 5.57 Å². The second-order valence-electron chi connectivity index (χ2n) is 7.29. The average molecular weight is 505 g/mol. The first-order valence-electron chi connectivity index (χ1n) is 9.63. The fraction of sp³-hybridized carbons (Fsp3) is 0.0833. The normalized spacial score (nSPS) is 15.9. The molecule has 1 aliphatic rings. The van der Waals surface area contributed by atoms with Crippen molar-refractivity contribution in [1.82, 2.24) is 0 Å². The van der Waals surface area contributed by atoms with Gasteiger partial charge in [-0.25, -0.2) is 16.8 Å². The predicted molar refractivity (Wildman–Crippen MR) is 128 cm³/mol. The highest BCUT2D eigenvalue weighted by Gasteiger charge is 2.54. The molecule has 0 saturated heterocycles. The monoisotopic (exact) mass is 504 g/mol. The van der Waals surface area contributed by atoms with E-state index in [1.807, 2.05) is 30.3 Å². The maximum Gasteiger partial charge on any atom is 0.203 e. The van der Waals surface area contributed by atoms with Gasteiger partial charge in [0.05, 0.1) is 9.79 Å². The summed E-state index contributed by atoms with van der Waals surface area (Å²) in [6, 6.07) is 20.3. The molecule has 0 N–H and O–H groups in total. The van der Waals surface area contributed by atoms with Crippen molar-refractivity contribution < 1.29 is 16.8 Å². The zero-order valence-corrected chi connectivity index (χ0v) is 19.8. The molecular formula is C24H18Cl2O4S2. The minimum Gasteiger partial charge on any atom is -0.222 e. The third-order valence-corrected chi connectivity index (χ3v) is 11.4. The van der Waals surface area contributed by atoms with Crippen molar-refractivity contribution in [2.24, 2.45) is 0 Å². The second-order valence-corrected chi connectivity index (χ2v) is 12.8. The lowest BCUT2D eigenvalue weighted by molar-refractivity contribution is 0.557. The molecule has 164 valence electrons. The van der Waals surface area contributed by atoms with Gasteiger partial charge in [-0.3, -0.25) is 0 Å². The highest BCUT2D eigenvalue weighted by atomic mass is 35.5. The summed E-state index contributed by atoms with van der Waals surface area (Å²) >= 11 is 11.8. The summed E-state index contributed by atoms with van der Waals surface area (Å²) in [6.07, 6.45) is 4.24. The Kier molecular flexibility index (Phi) is 6.07. The second kappa shape index (κ2) is 8.52. The van der Waals surface area contributed by atoms with Crippen LogP contribution in [0.1, 0.15) is 12.0 Å². The van der Waals surface area contributed by atoms with Crippen molar-refractivity contribution >= 4 is 48.4 Å². The summed E-state index contributed by atoms with van der Waals surface area (Å²) in [5.41, 5.74) is 1.61. The number of hydrogen-bond acceptors (Lipinski definition) is 4. The van der Waals surface area contributed by atoms with E-state index in [4.69, 9.17) is 23.2 Å². The van der Waals surface area contributed by atoms with Crippen LogP contribution in [-0.4, -0.2) is 20.9 Å². The molecule has 0 aromatic heterocycles. The molecule has 0 radical (unpaired) electrons. The molecule has 0 atom stereocenters. The van der Waals surface area contributed by atoms with Crippen molar-refractivity contribution in [3.8, 4) is 0 Å². The van der Waals surface area contributed by atoms with Gasteiger partial charge in [0.15, 0.2) is 0 Å². The van der Waals surface area contributed by atoms with Crippen LogP contribution in [0.3, 0.4) is 0 Å². The highest BCUT2D eigenvalue weighted by molar-refractivity contribution is 8.10. The van der Waals surface area contributed by atoms with Gasteiger partial charge >= 0.3 is 0 Å². The highest BCUT2D eigenvalue weighted by Crippen LogP contribution is 2.43. The van der Waals surface area contributed by atoms with Crippen molar-refractivity contribution in [3.05, 3.63) is 113 Å². The Morgan fingerprint density at radius 2 is 1.12 bits per heavy atom. The van der Waals surface area contributed by atoms with Crippen molar-refractivity contribution in [1.29, 1.82) is 0 Å². The zero-order chi connectivity index (χ0) is 23.0. The van der Waals surface area contributed by atoms with Gasteiger partial charge in [0.1, 0.15) is 0 Å². The molecule has 32 heavy (non-hydrogen) atoms. The van der Waals surface area contributed by atoms with Gasteiger partial charge in [0.25, 0.3) is 0 Å². The third kappa shape index (κ3) is 3.82. The summed E-state index contributed by atoms with van der Waals surface area (Å²) in [7, 11) is -8.75. The molecule has 0 aliphatic heterocycles. The van der Waals surface area contributed by atoms with Gasteiger partial charge in [0, 0.05) is 16.5 Å². The van der Waals surface area contributed by atoms with Crippen molar-refractivity contribution in [3.63, 3.8) is 0 Å². The maximum absolute atomic E-state index is 13.8. The molecule has 4 rings (SSSR count). The molecule has 3 aromatic rings. The van der Waals surface area contributed by atoms with Crippen LogP contribution in [-0.2, 0) is 19.7 Å². The lowest BCUT2D eigenvalue weighted by Gasteiger charge is -2.32. The van der Waals surface area contributed by atoms with Gasteiger partial charge in [0.2, 0.25) is 23.8 Å². The Balaban J connectivity index is 1.90. The van der Waals surface area contributed by atoms with E-state index in [-0.39, 0.29) is 16.2 Å². The first-order chi connectivity index (χ1) is 15.2. The first-order valence-corrected chi connectivity index (χ1v) is 13.3. The van der Waals surface area contributed by atoms with E-state index >= 15 is 0 Å². The maximum atomic E-state index is 13.8. The average Bonchev–Trinajstić information content (AvgIpc) is 2.80. The number of hydrogen-bond donors (Lipinski definition) is 0. The number of allylic oxidation sites excluding steroid dienone is 3. The van der Waals surface area contributed by atoms with Gasteiger partial charge < -0.3 is 0 Å². The molecule has 0 fully saturated rings. The molecule has 3 aromatic carbocycles. The Bertz CT molecular complexity index is 1330. The number of halogens is 2. The van der Waals surface area contributed by atoms with Crippen LogP contribution >= 0.6 is 23.2 Å². The first kappa shape index (κ1) is 22.8. The lowest BCUT2D eigenvalue weighted by atomic mass is 9.99. The van der Waals surface area contributed by atoms with Crippen molar-refractivity contribution in [2.75, 3.05) is 0 Å². The van der Waals surface area contributed by atoms with Crippen LogP contribution in [0, 0.1) is 0 Å². The predicted octanol–water partition coefficient (Wildman–Crippen LogP) is 5.98. The molecule has 8 heteroatoms. The molecule has 0 bridgehead atoms. The van der Waals surface area contributed by atoms with Crippen LogP contribution in [0.15, 0.2) is 107 Å². The minimum absolute atomic E-state index is 0.124. The Labute approximate surface area is 197 Å². The largest absolute Gasteiger partial charge is 0.222 e. The van der Waals surface area contributed by atoms with E-state index < -0.39 is 23.8 Å². The topological polar surface area (TPSA) is 68.3 Å². The van der Waals surface area contributed by atoms with E-state index in [2.05, 4.69) is 0 Å². The number of sulfone groups is 2. The molecule has 4 nitrogen and oxygen atoms in total. The van der Waals surface area contributed by atoms with E-state index in [9.17, 15) is 16.8 Å². The molecule has 0 spiro atoms. The van der Waals surface area contributed by atoms with Crippen LogP contribution in [0.4, 0.5) is 0 Å². The van der Waals surface area contributed by atoms with Gasteiger partial charge in [-0.2, -0.15) is 0 Å². The molecular weight excluding hydrogens is 487 g/mol. The van der Waals surface area contributed by atoms with Gasteiger partial charge in [-0.15, -0.1) is 0 Å². The SMILES string of the molecule is O=S(=O)(c1ccc(Cl)cc1)C1(S(=O)(=O)c2ccc(Cl)cc2)C=CC(c2ccccc2)=CC1. The molecule has 0 heterocycles. The number of rotatable bonds is 5. The molecule has 0 saturated carbocycles. The van der Waals surface area contributed by atoms with Crippen LogP contribution < -0.4 is 0 Å². The summed E-state index contributed by atoms with van der Waals surface area (Å²) in [4.78, 5) is -0.249. The standard InChI is InChI=1S/C24H18Cl2O4S2/c25-20-6-10-22(11-7-20)31(27,28)24(32(29,30)23-12-8-21(26)9-13-23)16-14-19(15-17-24)18-4-2-1-3-5-18/h1-16H,17H2. The summed E-state index contributed by atoms with van der Waals surface area (Å²) in [5.74, 6) is 0. The number of benzene rings is 3. The minimum atomic E-state index is -4.37. The molecule has 0 amide bonds. The van der Waals surface area contributed by atoms with E-state index in [1.54, 1.807) is 12.2 Å². The van der Waals surface area contributed by atoms with Gasteiger partial charge in [-0.05, 0) is 65.7 Å². The fourth-order valence-electron chi connectivity index (χ4n) is 3.62. The van der Waals surface area contributed by atoms with E-state index in [1.165, 1.54) is 54.6 Å². The van der Waals surface area contributed by atoms with Crippen molar-refractivity contribution in [2.45, 2.75) is 20.3 Å². The Hall–Kier alpha value is -2.38. The van der Waals surface area contributed by atoms with Crippen LogP contribution in [0.2, 0.25) is 10.0 Å². The fourth-order valence-corrected chi connectivity index (χ4v) is 8.49. The summed E-state index contributed by atoms with van der Waals surface area (Å²) < 4.78 is 53.1. The zero-order valence-electron chi connectivity index (χ0n) is 16.7. The quantitative estimate of drug-likeness (QED) is 0.428. The third-order valence-electron chi connectivity index (χ3n) is 5.39. The smallest absolute Gasteiger partial charge is 0.203 e. The van der Waals surface area contributed by atoms with E-state index in [0.29, 0.717) is 10.0 Å². The molecule has 1 aliphatic carbocycles. The van der Waals surface area contributed by atoms with Crippen LogP contribution in [0.5, 0.6) is 0 Å². The van der Waals surface area contributed by atoms with Gasteiger partial charge in [-0.1, -0.05) is 65.7 Å². The summed E-state index contributed by atoms with van der Waals surface area (Å²) in [6.45, 7) is 0. The summed E-state index contributed by atoms with van der Waals surface area (Å²) in [5, 5.41) is 0.702.